The summed E-state index contributed by atoms with van der Waals surface area (Å²) < 4.78 is 1.98. The first-order valence-corrected chi connectivity index (χ1v) is 11.4. The predicted molar refractivity (Wildman–Crippen MR) is 121 cm³/mol. The Balaban J connectivity index is 1.37. The van der Waals surface area contributed by atoms with Crippen LogP contribution in [-0.4, -0.2) is 45.0 Å². The molecule has 1 saturated heterocycles. The fourth-order valence-electron chi connectivity index (χ4n) is 5.09. The number of carbonyl (C=O) groups is 1. The van der Waals surface area contributed by atoms with Gasteiger partial charge in [-0.05, 0) is 51.7 Å². The highest BCUT2D eigenvalue weighted by molar-refractivity contribution is 5.92. The van der Waals surface area contributed by atoms with Crippen LogP contribution in [0.4, 0.5) is 5.82 Å². The van der Waals surface area contributed by atoms with Gasteiger partial charge in [-0.1, -0.05) is 31.0 Å². The zero-order valence-electron chi connectivity index (χ0n) is 18.3. The maximum Gasteiger partial charge on any atom is 0.223 e. The van der Waals surface area contributed by atoms with Crippen LogP contribution in [0.5, 0.6) is 0 Å². The van der Waals surface area contributed by atoms with Crippen molar-refractivity contribution in [2.75, 3.05) is 18.0 Å². The van der Waals surface area contributed by atoms with E-state index in [-0.39, 0.29) is 11.8 Å². The molecule has 1 N–H and O–H groups in total. The fraction of sp³-hybridized carbons (Fsp3) is 0.500. The number of hydrogen-bond donors (Lipinski definition) is 1. The molecule has 7 nitrogen and oxygen atoms in total. The molecular weight excluding hydrogens is 388 g/mol. The van der Waals surface area contributed by atoms with Crippen LogP contribution < -0.4 is 10.2 Å². The van der Waals surface area contributed by atoms with Gasteiger partial charge in [-0.25, -0.2) is 4.68 Å². The Kier molecular flexibility index (Phi) is 5.34. The molecule has 0 atom stereocenters. The molecule has 31 heavy (non-hydrogen) atoms. The van der Waals surface area contributed by atoms with Gasteiger partial charge in [0.2, 0.25) is 5.91 Å². The molecule has 3 heterocycles. The first-order valence-electron chi connectivity index (χ1n) is 11.4. The molecule has 1 aliphatic carbocycles. The Morgan fingerprint density at radius 1 is 1.00 bits per heavy atom. The van der Waals surface area contributed by atoms with Crippen molar-refractivity contribution in [2.45, 2.75) is 58.4 Å². The number of aromatic nitrogens is 4. The van der Waals surface area contributed by atoms with E-state index in [2.05, 4.69) is 39.5 Å². The number of piperidine rings is 1. The third-order valence-corrected chi connectivity index (χ3v) is 6.85. The summed E-state index contributed by atoms with van der Waals surface area (Å²) in [5.74, 6) is 1.15. The van der Waals surface area contributed by atoms with Crippen LogP contribution in [0.2, 0.25) is 0 Å². The Bertz CT molecular complexity index is 1080. The molecule has 1 amide bonds. The van der Waals surface area contributed by atoms with Crippen molar-refractivity contribution < 1.29 is 4.79 Å². The summed E-state index contributed by atoms with van der Waals surface area (Å²) in [6.45, 7) is 5.67. The van der Waals surface area contributed by atoms with Gasteiger partial charge in [-0.15, -0.1) is 5.10 Å². The second-order valence-electron chi connectivity index (χ2n) is 8.92. The van der Waals surface area contributed by atoms with Crippen LogP contribution in [-0.2, 0) is 4.79 Å². The summed E-state index contributed by atoms with van der Waals surface area (Å²) >= 11 is 0. The van der Waals surface area contributed by atoms with Crippen LogP contribution in [0.3, 0.4) is 0 Å². The average molecular weight is 419 g/mol. The summed E-state index contributed by atoms with van der Waals surface area (Å²) in [6.07, 6.45) is 6.42. The van der Waals surface area contributed by atoms with Gasteiger partial charge in [0.1, 0.15) is 5.52 Å². The van der Waals surface area contributed by atoms with Gasteiger partial charge in [0.25, 0.3) is 0 Å². The van der Waals surface area contributed by atoms with E-state index in [9.17, 15) is 4.79 Å². The molecule has 0 spiro atoms. The number of fused-ring (bicyclic) bond motifs is 1. The number of benzene rings is 1. The summed E-state index contributed by atoms with van der Waals surface area (Å²) in [5, 5.41) is 18.2. The molecule has 162 valence electrons. The van der Waals surface area contributed by atoms with Crippen molar-refractivity contribution in [3.8, 4) is 5.69 Å². The average Bonchev–Trinajstić information content (AvgIpc) is 3.43. The molecule has 2 aliphatic rings. The lowest BCUT2D eigenvalue weighted by molar-refractivity contribution is -0.126. The molecule has 2 fully saturated rings. The Labute approximate surface area is 182 Å². The van der Waals surface area contributed by atoms with Crippen molar-refractivity contribution in [2.24, 2.45) is 5.92 Å². The molecule has 3 aromatic rings. The zero-order chi connectivity index (χ0) is 21.4. The van der Waals surface area contributed by atoms with Gasteiger partial charge in [0, 0.05) is 25.0 Å². The van der Waals surface area contributed by atoms with Crippen LogP contribution in [0.25, 0.3) is 16.6 Å². The smallest absolute Gasteiger partial charge is 0.223 e. The summed E-state index contributed by atoms with van der Waals surface area (Å²) in [6, 6.07) is 10.6. The number of nitrogens with zero attached hydrogens (tertiary/aromatic N) is 5. The summed E-state index contributed by atoms with van der Waals surface area (Å²) in [5.41, 5.74) is 3.89. The maximum absolute atomic E-state index is 12.7. The second kappa shape index (κ2) is 8.29. The summed E-state index contributed by atoms with van der Waals surface area (Å²) in [7, 11) is 0. The van der Waals surface area contributed by atoms with Gasteiger partial charge < -0.3 is 10.2 Å². The lowest BCUT2D eigenvalue weighted by Gasteiger charge is -2.32. The number of nitrogens with one attached hydrogen (secondary N) is 1. The van der Waals surface area contributed by atoms with Gasteiger partial charge in [0.05, 0.1) is 22.5 Å². The highest BCUT2D eigenvalue weighted by atomic mass is 16.1. The van der Waals surface area contributed by atoms with Crippen molar-refractivity contribution in [1.29, 1.82) is 0 Å². The fourth-order valence-corrected chi connectivity index (χ4v) is 5.09. The largest absolute Gasteiger partial charge is 0.353 e. The van der Waals surface area contributed by atoms with Crippen LogP contribution >= 0.6 is 0 Å². The number of rotatable bonds is 4. The monoisotopic (exact) mass is 418 g/mol. The van der Waals surface area contributed by atoms with Crippen LogP contribution in [0.1, 0.15) is 49.9 Å². The number of carbonyl (C=O) groups excluding carboxylic acids is 1. The van der Waals surface area contributed by atoms with E-state index in [0.717, 1.165) is 72.6 Å². The molecular formula is C24H30N6O. The first-order chi connectivity index (χ1) is 15.1. The van der Waals surface area contributed by atoms with E-state index in [1.54, 1.807) is 0 Å². The predicted octanol–water partition coefficient (Wildman–Crippen LogP) is 3.71. The topological polar surface area (TPSA) is 75.9 Å². The third-order valence-electron chi connectivity index (χ3n) is 6.85. The minimum Gasteiger partial charge on any atom is -0.353 e. The lowest BCUT2D eigenvalue weighted by atomic mass is 9.95. The van der Waals surface area contributed by atoms with E-state index in [1.165, 1.54) is 12.8 Å². The number of hydrogen-bond acceptors (Lipinski definition) is 5. The minimum absolute atomic E-state index is 0.0920. The van der Waals surface area contributed by atoms with Gasteiger partial charge in [-0.3, -0.25) is 4.79 Å². The van der Waals surface area contributed by atoms with Crippen molar-refractivity contribution in [3.05, 3.63) is 41.7 Å². The minimum atomic E-state index is 0.0920. The van der Waals surface area contributed by atoms with Crippen LogP contribution in [0.15, 0.2) is 30.3 Å². The van der Waals surface area contributed by atoms with E-state index >= 15 is 0 Å². The highest BCUT2D eigenvalue weighted by Gasteiger charge is 2.29. The second-order valence-corrected chi connectivity index (χ2v) is 8.92. The quantitative estimate of drug-likeness (QED) is 0.699. The van der Waals surface area contributed by atoms with E-state index in [0.29, 0.717) is 6.04 Å². The van der Waals surface area contributed by atoms with Crippen molar-refractivity contribution in [1.82, 2.24) is 25.3 Å². The molecule has 1 saturated carbocycles. The SMILES string of the molecule is Cc1nnc(N2CCC(C(=O)NC3CCCC3)CC2)c2nn(-c3ccccc3)c(C)c12. The molecule has 1 aromatic carbocycles. The number of aryl methyl sites for hydroxylation is 2. The lowest BCUT2D eigenvalue weighted by Crippen LogP contribution is -2.43. The number of amides is 1. The molecule has 1 aliphatic heterocycles. The van der Waals surface area contributed by atoms with E-state index in [4.69, 9.17) is 5.10 Å². The standard InChI is InChI=1S/C24H30N6O/c1-16-21-17(2)30(20-10-4-3-5-11-20)28-22(21)23(27-26-16)29-14-12-18(13-15-29)24(31)25-19-8-6-7-9-19/h3-5,10-11,18-19H,6-9,12-15H2,1-2H3,(H,25,31). The maximum atomic E-state index is 12.7. The highest BCUT2D eigenvalue weighted by Crippen LogP contribution is 2.31. The van der Waals surface area contributed by atoms with Gasteiger partial charge >= 0.3 is 0 Å². The first kappa shape index (κ1) is 20.0. The molecule has 0 radical (unpaired) electrons. The van der Waals surface area contributed by atoms with E-state index < -0.39 is 0 Å². The molecule has 5 rings (SSSR count). The Hall–Kier alpha value is -2.96. The van der Waals surface area contributed by atoms with Gasteiger partial charge in [-0.2, -0.15) is 10.2 Å². The Morgan fingerprint density at radius 2 is 1.71 bits per heavy atom. The number of anilines is 1. The Morgan fingerprint density at radius 3 is 2.42 bits per heavy atom. The van der Waals surface area contributed by atoms with E-state index in [1.807, 2.05) is 29.8 Å². The van der Waals surface area contributed by atoms with Crippen molar-refractivity contribution >= 4 is 22.6 Å². The summed E-state index contributed by atoms with van der Waals surface area (Å²) in [4.78, 5) is 14.9. The molecule has 0 bridgehead atoms. The number of para-hydroxylation sites is 1. The van der Waals surface area contributed by atoms with Crippen LogP contribution in [0, 0.1) is 19.8 Å². The third kappa shape index (κ3) is 3.77. The zero-order valence-corrected chi connectivity index (χ0v) is 18.3. The molecule has 2 aromatic heterocycles. The molecule has 0 unspecified atom stereocenters. The van der Waals surface area contributed by atoms with Crippen molar-refractivity contribution in [3.63, 3.8) is 0 Å². The normalized spacial score (nSPS) is 18.1. The van der Waals surface area contributed by atoms with Gasteiger partial charge in [0.15, 0.2) is 5.82 Å². The molecule has 7 heteroatoms.